The van der Waals surface area contributed by atoms with Crippen molar-refractivity contribution in [3.8, 4) is 23.0 Å². The van der Waals surface area contributed by atoms with Gasteiger partial charge in [0.1, 0.15) is 5.75 Å². The van der Waals surface area contributed by atoms with Gasteiger partial charge in [-0.05, 0) is 6.92 Å². The summed E-state index contributed by atoms with van der Waals surface area (Å²) in [6.07, 6.45) is 0.431. The fraction of sp³-hybridized carbons (Fsp3) is 0.571. The molecule has 1 rings (SSSR count). The molecule has 0 radical (unpaired) electrons. The van der Waals surface area contributed by atoms with Crippen molar-refractivity contribution in [2.45, 2.75) is 18.9 Å². The molecule has 0 aromatic heterocycles. The van der Waals surface area contributed by atoms with Gasteiger partial charge in [0.2, 0.25) is 5.75 Å². The summed E-state index contributed by atoms with van der Waals surface area (Å²) in [5.74, 6) is 2.13. The number of benzene rings is 1. The molecule has 0 fully saturated rings. The summed E-state index contributed by atoms with van der Waals surface area (Å²) in [6, 6.07) is 3.41. The zero-order valence-corrected chi connectivity index (χ0v) is 12.4. The molecule has 6 nitrogen and oxygen atoms in total. The lowest BCUT2D eigenvalue weighted by molar-refractivity contribution is 0.0453. The minimum Gasteiger partial charge on any atom is -0.493 e. The average molecular weight is 285 g/mol. The normalized spacial score (nSPS) is 13.5. The van der Waals surface area contributed by atoms with Gasteiger partial charge in [0.25, 0.3) is 0 Å². The topological polar surface area (TPSA) is 83.2 Å². The van der Waals surface area contributed by atoms with E-state index in [1.807, 2.05) is 0 Å². The first-order valence-electron chi connectivity index (χ1n) is 6.32. The predicted octanol–water partition coefficient (Wildman–Crippen LogP) is 1.19. The van der Waals surface area contributed by atoms with Crippen LogP contribution in [0.25, 0.3) is 0 Å². The maximum Gasteiger partial charge on any atom is 0.203 e. The summed E-state index contributed by atoms with van der Waals surface area (Å²) >= 11 is 0. The number of hydrogen-bond acceptors (Lipinski definition) is 6. The van der Waals surface area contributed by atoms with E-state index < -0.39 is 5.60 Å². The van der Waals surface area contributed by atoms with Crippen LogP contribution in [0.15, 0.2) is 12.1 Å². The van der Waals surface area contributed by atoms with Gasteiger partial charge < -0.3 is 29.8 Å². The third-order valence-electron chi connectivity index (χ3n) is 2.99. The van der Waals surface area contributed by atoms with Crippen molar-refractivity contribution in [2.24, 2.45) is 5.73 Å². The lowest BCUT2D eigenvalue weighted by Gasteiger charge is -2.21. The Kier molecular flexibility index (Phi) is 5.91. The zero-order chi connectivity index (χ0) is 15.2. The Hall–Kier alpha value is -1.66. The maximum absolute atomic E-state index is 9.81. The second-order valence-electron chi connectivity index (χ2n) is 4.66. The van der Waals surface area contributed by atoms with E-state index in [1.165, 1.54) is 0 Å². The molecule has 0 aliphatic carbocycles. The number of hydrogen-bond donors (Lipinski definition) is 2. The third-order valence-corrected chi connectivity index (χ3v) is 2.99. The first kappa shape index (κ1) is 16.4. The van der Waals surface area contributed by atoms with Gasteiger partial charge in [0.15, 0.2) is 11.5 Å². The lowest BCUT2D eigenvalue weighted by Crippen LogP contribution is -2.35. The Bertz CT molecular complexity index is 409. The maximum atomic E-state index is 9.81. The van der Waals surface area contributed by atoms with E-state index in [0.717, 1.165) is 0 Å². The molecule has 1 aromatic rings. The molecule has 0 saturated carbocycles. The Balaban J connectivity index is 2.81. The summed E-state index contributed by atoms with van der Waals surface area (Å²) in [4.78, 5) is 0. The Morgan fingerprint density at radius 1 is 1.10 bits per heavy atom. The van der Waals surface area contributed by atoms with Crippen LogP contribution in [0, 0.1) is 0 Å². The lowest BCUT2D eigenvalue weighted by atomic mass is 10.0. The summed E-state index contributed by atoms with van der Waals surface area (Å²) in [7, 11) is 4.62. The summed E-state index contributed by atoms with van der Waals surface area (Å²) in [5.41, 5.74) is 4.52. The minimum atomic E-state index is -0.930. The van der Waals surface area contributed by atoms with Crippen LogP contribution >= 0.6 is 0 Å². The highest BCUT2D eigenvalue weighted by atomic mass is 16.5. The Morgan fingerprint density at radius 2 is 1.65 bits per heavy atom. The summed E-state index contributed by atoms with van der Waals surface area (Å²) < 4.78 is 21.3. The average Bonchev–Trinajstić information content (AvgIpc) is 2.45. The molecular formula is C14H23NO5. The van der Waals surface area contributed by atoms with E-state index in [1.54, 1.807) is 40.4 Å². The van der Waals surface area contributed by atoms with Gasteiger partial charge >= 0.3 is 0 Å². The van der Waals surface area contributed by atoms with Gasteiger partial charge in [-0.3, -0.25) is 0 Å². The van der Waals surface area contributed by atoms with Gasteiger partial charge in [-0.15, -0.1) is 0 Å². The van der Waals surface area contributed by atoms with Crippen LogP contribution in [-0.2, 0) is 0 Å². The highest BCUT2D eigenvalue weighted by Gasteiger charge is 2.18. The van der Waals surface area contributed by atoms with E-state index in [4.69, 9.17) is 24.7 Å². The number of nitrogens with two attached hydrogens (primary N) is 1. The molecule has 1 unspecified atom stereocenters. The van der Waals surface area contributed by atoms with E-state index in [0.29, 0.717) is 36.0 Å². The Morgan fingerprint density at radius 3 is 2.05 bits per heavy atom. The van der Waals surface area contributed by atoms with E-state index >= 15 is 0 Å². The van der Waals surface area contributed by atoms with Crippen LogP contribution in [0.2, 0.25) is 0 Å². The molecule has 6 heteroatoms. The molecule has 0 spiro atoms. The second kappa shape index (κ2) is 7.21. The highest BCUT2D eigenvalue weighted by molar-refractivity contribution is 5.55. The van der Waals surface area contributed by atoms with Gasteiger partial charge in [-0.1, -0.05) is 0 Å². The van der Waals surface area contributed by atoms with Crippen LogP contribution in [0.5, 0.6) is 23.0 Å². The minimum absolute atomic E-state index is 0.186. The largest absolute Gasteiger partial charge is 0.493 e. The van der Waals surface area contributed by atoms with Gasteiger partial charge in [-0.2, -0.15) is 0 Å². The van der Waals surface area contributed by atoms with Gasteiger partial charge in [0.05, 0.1) is 33.5 Å². The molecule has 0 saturated heterocycles. The number of ether oxygens (including phenoxy) is 4. The standard InChI is InChI=1S/C14H23NO5/c1-14(16,9-15)5-6-20-10-7-11(17-2)13(19-4)12(8-10)18-3/h7-8,16H,5-6,9,15H2,1-4H3. The van der Waals surface area contributed by atoms with Gasteiger partial charge in [-0.25, -0.2) is 0 Å². The second-order valence-corrected chi connectivity index (χ2v) is 4.66. The quantitative estimate of drug-likeness (QED) is 0.746. The van der Waals surface area contributed by atoms with Crippen molar-refractivity contribution in [3.63, 3.8) is 0 Å². The molecule has 20 heavy (non-hydrogen) atoms. The molecule has 0 heterocycles. The summed E-state index contributed by atoms with van der Waals surface area (Å²) in [5, 5.41) is 9.81. The van der Waals surface area contributed by atoms with Crippen molar-refractivity contribution < 1.29 is 24.1 Å². The predicted molar refractivity (Wildman–Crippen MR) is 75.9 cm³/mol. The van der Waals surface area contributed by atoms with E-state index in [-0.39, 0.29) is 6.54 Å². The molecule has 0 bridgehead atoms. The van der Waals surface area contributed by atoms with E-state index in [9.17, 15) is 5.11 Å². The smallest absolute Gasteiger partial charge is 0.203 e. The number of methoxy groups -OCH3 is 3. The fourth-order valence-corrected chi connectivity index (χ4v) is 1.63. The van der Waals surface area contributed by atoms with Crippen molar-refractivity contribution in [2.75, 3.05) is 34.5 Å². The number of rotatable bonds is 8. The van der Waals surface area contributed by atoms with Crippen molar-refractivity contribution in [1.29, 1.82) is 0 Å². The first-order chi connectivity index (χ1) is 9.47. The van der Waals surface area contributed by atoms with E-state index in [2.05, 4.69) is 0 Å². The molecule has 0 amide bonds. The highest BCUT2D eigenvalue weighted by Crippen LogP contribution is 2.40. The molecule has 3 N–H and O–H groups in total. The van der Waals surface area contributed by atoms with Crippen LogP contribution in [-0.4, -0.2) is 45.2 Å². The zero-order valence-electron chi connectivity index (χ0n) is 12.4. The van der Waals surface area contributed by atoms with Crippen LogP contribution < -0.4 is 24.7 Å². The van der Waals surface area contributed by atoms with Gasteiger partial charge in [0, 0.05) is 25.1 Å². The Labute approximate surface area is 119 Å². The van der Waals surface area contributed by atoms with Crippen molar-refractivity contribution >= 4 is 0 Å². The monoisotopic (exact) mass is 285 g/mol. The molecule has 1 aromatic carbocycles. The first-order valence-corrected chi connectivity index (χ1v) is 6.32. The summed E-state index contributed by atoms with van der Waals surface area (Å²) in [6.45, 7) is 2.19. The SMILES string of the molecule is COc1cc(OCCC(C)(O)CN)cc(OC)c1OC. The third kappa shape index (κ3) is 4.18. The van der Waals surface area contributed by atoms with Crippen LogP contribution in [0.3, 0.4) is 0 Å². The van der Waals surface area contributed by atoms with Crippen molar-refractivity contribution in [3.05, 3.63) is 12.1 Å². The van der Waals surface area contributed by atoms with Crippen molar-refractivity contribution in [1.82, 2.24) is 0 Å². The molecule has 0 aliphatic heterocycles. The molecular weight excluding hydrogens is 262 g/mol. The molecule has 114 valence electrons. The molecule has 1 atom stereocenters. The number of aliphatic hydroxyl groups is 1. The fourth-order valence-electron chi connectivity index (χ4n) is 1.63. The molecule has 0 aliphatic rings. The van der Waals surface area contributed by atoms with Crippen LogP contribution in [0.4, 0.5) is 0 Å². The van der Waals surface area contributed by atoms with Crippen LogP contribution in [0.1, 0.15) is 13.3 Å².